The fourth-order valence-electron chi connectivity index (χ4n) is 2.38. The summed E-state index contributed by atoms with van der Waals surface area (Å²) in [6.07, 6.45) is 3.71. The lowest BCUT2D eigenvalue weighted by atomic mass is 10.1. The highest BCUT2D eigenvalue weighted by molar-refractivity contribution is 5.09. The smallest absolute Gasteiger partial charge is 0.0547 e. The van der Waals surface area contributed by atoms with Gasteiger partial charge in [0.15, 0.2) is 0 Å². The minimum absolute atomic E-state index is 0.630. The zero-order chi connectivity index (χ0) is 14.8. The maximum atomic E-state index is 4.59. The zero-order valence-corrected chi connectivity index (χ0v) is 13.7. The van der Waals surface area contributed by atoms with E-state index in [0.717, 1.165) is 31.9 Å². The minimum Gasteiger partial charge on any atom is -0.314 e. The first kappa shape index (κ1) is 17.1. The molecule has 0 aliphatic rings. The maximum Gasteiger partial charge on any atom is 0.0547 e. The van der Waals surface area contributed by atoms with Crippen molar-refractivity contribution in [1.29, 1.82) is 0 Å². The Kier molecular flexibility index (Phi) is 8.47. The molecule has 0 spiro atoms. The van der Waals surface area contributed by atoms with Crippen LogP contribution in [0.25, 0.3) is 0 Å². The van der Waals surface area contributed by atoms with Gasteiger partial charge in [-0.1, -0.05) is 19.9 Å². The van der Waals surface area contributed by atoms with Gasteiger partial charge < -0.3 is 5.32 Å². The van der Waals surface area contributed by atoms with Crippen LogP contribution in [0.5, 0.6) is 0 Å². The number of pyridine rings is 1. The molecule has 0 bridgehead atoms. The van der Waals surface area contributed by atoms with Crippen molar-refractivity contribution >= 4 is 0 Å². The summed E-state index contributed by atoms with van der Waals surface area (Å²) in [7, 11) is 0. The average Bonchev–Trinajstić information content (AvgIpc) is 2.44. The fourth-order valence-corrected chi connectivity index (χ4v) is 2.38. The van der Waals surface area contributed by atoms with Crippen LogP contribution in [0.15, 0.2) is 18.2 Å². The Morgan fingerprint density at radius 3 is 2.75 bits per heavy atom. The van der Waals surface area contributed by atoms with E-state index in [2.05, 4.69) is 61.1 Å². The molecule has 3 nitrogen and oxygen atoms in total. The van der Waals surface area contributed by atoms with Gasteiger partial charge in [0.05, 0.1) is 5.69 Å². The van der Waals surface area contributed by atoms with Crippen LogP contribution in [0, 0.1) is 6.92 Å². The topological polar surface area (TPSA) is 28.2 Å². The Morgan fingerprint density at radius 1 is 1.30 bits per heavy atom. The van der Waals surface area contributed by atoms with Gasteiger partial charge in [-0.3, -0.25) is 9.88 Å². The normalized spacial score (nSPS) is 12.8. The fraction of sp³-hybridized carbons (Fsp3) is 0.706. The highest BCUT2D eigenvalue weighted by atomic mass is 15.1. The minimum atomic E-state index is 0.630. The summed E-state index contributed by atoms with van der Waals surface area (Å²) < 4.78 is 0. The maximum absolute atomic E-state index is 4.59. The Balaban J connectivity index is 2.29. The van der Waals surface area contributed by atoms with Gasteiger partial charge in [-0.15, -0.1) is 0 Å². The lowest BCUT2D eigenvalue weighted by molar-refractivity contribution is 0.265. The van der Waals surface area contributed by atoms with Crippen molar-refractivity contribution in [2.24, 2.45) is 0 Å². The summed E-state index contributed by atoms with van der Waals surface area (Å²) in [5, 5.41) is 3.55. The standard InChI is InChI=1S/C17H31N3/c1-5-12-18-15(3)10-8-13-20(6-2)14-17-11-7-9-16(4)19-17/h7,9,11,15,18H,5-6,8,10,12-14H2,1-4H3. The molecule has 1 rings (SSSR count). The summed E-state index contributed by atoms with van der Waals surface area (Å²) in [6, 6.07) is 6.91. The molecule has 1 N–H and O–H groups in total. The molecular formula is C17H31N3. The molecule has 0 radical (unpaired) electrons. The number of hydrogen-bond acceptors (Lipinski definition) is 3. The molecule has 0 saturated heterocycles. The van der Waals surface area contributed by atoms with Gasteiger partial charge in [0.25, 0.3) is 0 Å². The van der Waals surface area contributed by atoms with Gasteiger partial charge in [-0.2, -0.15) is 0 Å². The molecule has 3 heteroatoms. The van der Waals surface area contributed by atoms with Crippen molar-refractivity contribution in [3.63, 3.8) is 0 Å². The van der Waals surface area contributed by atoms with Crippen molar-refractivity contribution in [2.75, 3.05) is 19.6 Å². The third kappa shape index (κ3) is 7.01. The van der Waals surface area contributed by atoms with E-state index in [1.807, 2.05) is 0 Å². The predicted molar refractivity (Wildman–Crippen MR) is 86.9 cm³/mol. The van der Waals surface area contributed by atoms with Crippen molar-refractivity contribution in [3.8, 4) is 0 Å². The van der Waals surface area contributed by atoms with E-state index in [0.29, 0.717) is 6.04 Å². The van der Waals surface area contributed by atoms with Crippen LogP contribution < -0.4 is 5.32 Å². The first-order valence-corrected chi connectivity index (χ1v) is 8.04. The molecule has 114 valence electrons. The van der Waals surface area contributed by atoms with Crippen LogP contribution in [-0.2, 0) is 6.54 Å². The third-order valence-corrected chi connectivity index (χ3v) is 3.63. The van der Waals surface area contributed by atoms with Crippen LogP contribution in [-0.4, -0.2) is 35.6 Å². The van der Waals surface area contributed by atoms with Gasteiger partial charge in [-0.05, 0) is 64.9 Å². The SMILES string of the molecule is CCCNC(C)CCCN(CC)Cc1cccc(C)n1. The lowest BCUT2D eigenvalue weighted by Crippen LogP contribution is -2.29. The van der Waals surface area contributed by atoms with Gasteiger partial charge >= 0.3 is 0 Å². The molecule has 0 aliphatic carbocycles. The number of hydrogen-bond donors (Lipinski definition) is 1. The van der Waals surface area contributed by atoms with E-state index in [4.69, 9.17) is 0 Å². The average molecular weight is 277 g/mol. The largest absolute Gasteiger partial charge is 0.314 e. The summed E-state index contributed by atoms with van der Waals surface area (Å²) in [6.45, 7) is 13.1. The monoisotopic (exact) mass is 277 g/mol. The molecule has 0 amide bonds. The second-order valence-corrected chi connectivity index (χ2v) is 5.64. The summed E-state index contributed by atoms with van der Waals surface area (Å²) >= 11 is 0. The van der Waals surface area contributed by atoms with Crippen molar-refractivity contribution in [3.05, 3.63) is 29.6 Å². The van der Waals surface area contributed by atoms with Crippen LogP contribution in [0.2, 0.25) is 0 Å². The molecule has 0 saturated carbocycles. The zero-order valence-electron chi connectivity index (χ0n) is 13.7. The van der Waals surface area contributed by atoms with Crippen molar-refractivity contribution in [1.82, 2.24) is 15.2 Å². The van der Waals surface area contributed by atoms with E-state index in [1.54, 1.807) is 0 Å². The first-order chi connectivity index (χ1) is 9.65. The van der Waals surface area contributed by atoms with Crippen LogP contribution >= 0.6 is 0 Å². The van der Waals surface area contributed by atoms with E-state index in [-0.39, 0.29) is 0 Å². The van der Waals surface area contributed by atoms with Crippen molar-refractivity contribution in [2.45, 2.75) is 59.5 Å². The molecule has 1 atom stereocenters. The highest BCUT2D eigenvalue weighted by Gasteiger charge is 2.06. The molecule has 20 heavy (non-hydrogen) atoms. The number of nitrogens with one attached hydrogen (secondary N) is 1. The Hall–Kier alpha value is -0.930. The molecular weight excluding hydrogens is 246 g/mol. The molecule has 1 heterocycles. The van der Waals surface area contributed by atoms with Gasteiger partial charge in [-0.25, -0.2) is 0 Å². The number of aryl methyl sites for hydroxylation is 1. The highest BCUT2D eigenvalue weighted by Crippen LogP contribution is 2.06. The number of rotatable bonds is 10. The van der Waals surface area contributed by atoms with Crippen molar-refractivity contribution < 1.29 is 0 Å². The Bertz CT molecular complexity index is 365. The van der Waals surface area contributed by atoms with Crippen LogP contribution in [0.3, 0.4) is 0 Å². The second-order valence-electron chi connectivity index (χ2n) is 5.64. The first-order valence-electron chi connectivity index (χ1n) is 8.04. The van der Waals surface area contributed by atoms with E-state index in [1.165, 1.54) is 25.0 Å². The van der Waals surface area contributed by atoms with Gasteiger partial charge in [0.1, 0.15) is 0 Å². The number of nitrogens with zero attached hydrogens (tertiary/aromatic N) is 2. The van der Waals surface area contributed by atoms with Gasteiger partial charge in [0, 0.05) is 18.3 Å². The second kappa shape index (κ2) is 9.89. The summed E-state index contributed by atoms with van der Waals surface area (Å²) in [4.78, 5) is 7.07. The molecule has 0 aliphatic heterocycles. The summed E-state index contributed by atoms with van der Waals surface area (Å²) in [5.41, 5.74) is 2.29. The summed E-state index contributed by atoms with van der Waals surface area (Å²) in [5.74, 6) is 0. The van der Waals surface area contributed by atoms with Gasteiger partial charge in [0.2, 0.25) is 0 Å². The third-order valence-electron chi connectivity index (χ3n) is 3.63. The molecule has 1 unspecified atom stereocenters. The Labute approximate surface area is 124 Å². The predicted octanol–water partition coefficient (Wildman–Crippen LogP) is 3.38. The quantitative estimate of drug-likeness (QED) is 0.710. The molecule has 0 fully saturated rings. The van der Waals surface area contributed by atoms with E-state index < -0.39 is 0 Å². The van der Waals surface area contributed by atoms with Crippen LogP contribution in [0.4, 0.5) is 0 Å². The van der Waals surface area contributed by atoms with E-state index >= 15 is 0 Å². The lowest BCUT2D eigenvalue weighted by Gasteiger charge is -2.21. The van der Waals surface area contributed by atoms with Crippen LogP contribution in [0.1, 0.15) is 51.4 Å². The molecule has 0 aromatic carbocycles. The number of aromatic nitrogens is 1. The van der Waals surface area contributed by atoms with E-state index in [9.17, 15) is 0 Å². The molecule has 1 aromatic rings. The Morgan fingerprint density at radius 2 is 2.10 bits per heavy atom. The molecule has 1 aromatic heterocycles.